The van der Waals surface area contributed by atoms with Crippen LogP contribution in [0, 0.1) is 12.8 Å². The molecule has 0 nitrogen and oxygen atoms in total. The van der Waals surface area contributed by atoms with E-state index in [0.717, 1.165) is 16.4 Å². The van der Waals surface area contributed by atoms with E-state index in [1.54, 1.807) is 20.7 Å². The van der Waals surface area contributed by atoms with Crippen LogP contribution in [0.25, 0.3) is 10.8 Å². The Bertz CT molecular complexity index is 1110. The van der Waals surface area contributed by atoms with Crippen molar-refractivity contribution in [3.63, 3.8) is 0 Å². The molecule has 2 fully saturated rings. The van der Waals surface area contributed by atoms with Crippen molar-refractivity contribution in [1.82, 2.24) is 0 Å². The van der Waals surface area contributed by atoms with Crippen molar-refractivity contribution in [2.75, 3.05) is 24.0 Å². The molecular formula is C30H40S2. The molecule has 5 rings (SSSR count). The number of hydrogen-bond acceptors (Lipinski definition) is 0. The lowest BCUT2D eigenvalue weighted by Crippen LogP contribution is -2.16. The van der Waals surface area contributed by atoms with Gasteiger partial charge in [0, 0.05) is 0 Å². The predicted molar refractivity (Wildman–Crippen MR) is 148 cm³/mol. The van der Waals surface area contributed by atoms with Crippen molar-refractivity contribution in [3.05, 3.63) is 71.8 Å². The fraction of sp³-hybridized carbons (Fsp3) is 0.467. The zero-order valence-corrected chi connectivity index (χ0v) is 22.2. The van der Waals surface area contributed by atoms with Crippen molar-refractivity contribution in [3.8, 4) is 0 Å². The Hall–Kier alpha value is -1.38. The molecule has 0 amide bonds. The van der Waals surface area contributed by atoms with Crippen molar-refractivity contribution in [2.45, 2.75) is 66.7 Å². The molecule has 3 aromatic carbocycles. The van der Waals surface area contributed by atoms with Gasteiger partial charge in [0.05, 0.1) is 0 Å². The van der Waals surface area contributed by atoms with Gasteiger partial charge in [0.1, 0.15) is 0 Å². The van der Waals surface area contributed by atoms with Gasteiger partial charge in [-0.3, -0.25) is 0 Å². The first-order valence-electron chi connectivity index (χ1n) is 12.4. The van der Waals surface area contributed by atoms with Gasteiger partial charge in [0.15, 0.2) is 0 Å². The molecule has 2 heterocycles. The molecule has 0 bridgehead atoms. The van der Waals surface area contributed by atoms with Crippen LogP contribution < -0.4 is 0 Å². The lowest BCUT2D eigenvalue weighted by atomic mass is 9.94. The van der Waals surface area contributed by atoms with Crippen molar-refractivity contribution >= 4 is 30.8 Å². The third kappa shape index (κ3) is 3.72. The average molecular weight is 465 g/mol. The Morgan fingerprint density at radius 3 is 2.12 bits per heavy atom. The zero-order valence-electron chi connectivity index (χ0n) is 20.6. The molecule has 0 radical (unpaired) electrons. The molecule has 4 atom stereocenters. The van der Waals surface area contributed by atoms with Gasteiger partial charge in [0.25, 0.3) is 0 Å². The standard InChI is InChI=1S/C30H40S2/c1-22-10-15-27(16-11-22)31(4)19-18-25(21-31)20-26-14-17-30(29-9-7-6-8-28(26)29)32(5)23(2)12-13-24(32)3/h6-11,14-17,23-25H,12-13,18-21H2,1-5H3. The first kappa shape index (κ1) is 22.4. The fourth-order valence-electron chi connectivity index (χ4n) is 6.35. The first-order chi connectivity index (χ1) is 15.3. The normalized spacial score (nSPS) is 36.6. The highest BCUT2D eigenvalue weighted by Gasteiger charge is 2.39. The van der Waals surface area contributed by atoms with E-state index < -0.39 is 20.1 Å². The molecule has 0 saturated carbocycles. The summed E-state index contributed by atoms with van der Waals surface area (Å²) in [6, 6.07) is 23.8. The van der Waals surface area contributed by atoms with Crippen LogP contribution in [0.1, 0.15) is 44.2 Å². The molecule has 0 spiro atoms. The van der Waals surface area contributed by atoms with E-state index in [1.807, 2.05) is 0 Å². The van der Waals surface area contributed by atoms with Crippen LogP contribution in [0.5, 0.6) is 0 Å². The van der Waals surface area contributed by atoms with Crippen LogP contribution in [0.3, 0.4) is 0 Å². The first-order valence-corrected chi connectivity index (χ1v) is 16.9. The lowest BCUT2D eigenvalue weighted by molar-refractivity contribution is 0.598. The zero-order chi connectivity index (χ0) is 22.5. The molecule has 0 N–H and O–H groups in total. The number of hydrogen-bond donors (Lipinski definition) is 0. The smallest absolute Gasteiger partial charge is 0.00177 e. The second-order valence-corrected chi connectivity index (χ2v) is 18.7. The highest BCUT2D eigenvalue weighted by atomic mass is 32.3. The molecule has 172 valence electrons. The van der Waals surface area contributed by atoms with Gasteiger partial charge in [-0.05, 0) is 117 Å². The van der Waals surface area contributed by atoms with Crippen molar-refractivity contribution in [1.29, 1.82) is 0 Å². The van der Waals surface area contributed by atoms with Crippen LogP contribution >= 0.6 is 20.1 Å². The van der Waals surface area contributed by atoms with E-state index in [1.165, 1.54) is 48.1 Å². The highest BCUT2D eigenvalue weighted by Crippen LogP contribution is 2.68. The summed E-state index contributed by atoms with van der Waals surface area (Å²) >= 11 is 0. The third-order valence-electron chi connectivity index (χ3n) is 8.78. The van der Waals surface area contributed by atoms with Crippen LogP contribution in [-0.2, 0) is 6.42 Å². The minimum atomic E-state index is -0.765. The molecule has 32 heavy (non-hydrogen) atoms. The highest BCUT2D eigenvalue weighted by molar-refractivity contribution is 8.34. The van der Waals surface area contributed by atoms with Gasteiger partial charge in [-0.1, -0.05) is 61.9 Å². The second-order valence-electron chi connectivity index (χ2n) is 10.8. The summed E-state index contributed by atoms with van der Waals surface area (Å²) in [5, 5.41) is 4.75. The molecular weight excluding hydrogens is 424 g/mol. The van der Waals surface area contributed by atoms with E-state index in [0.29, 0.717) is 0 Å². The monoisotopic (exact) mass is 464 g/mol. The number of rotatable bonds is 4. The van der Waals surface area contributed by atoms with Crippen LogP contribution in [0.15, 0.2) is 70.5 Å². The van der Waals surface area contributed by atoms with E-state index in [9.17, 15) is 0 Å². The summed E-state index contributed by atoms with van der Waals surface area (Å²) in [6.07, 6.45) is 10.6. The minimum Gasteiger partial charge on any atom is -0.217 e. The quantitative estimate of drug-likeness (QED) is 0.363. The summed E-state index contributed by atoms with van der Waals surface area (Å²) in [4.78, 5) is 3.29. The van der Waals surface area contributed by atoms with E-state index >= 15 is 0 Å². The van der Waals surface area contributed by atoms with Gasteiger partial charge in [-0.25, -0.2) is 20.1 Å². The third-order valence-corrected chi connectivity index (χ3v) is 17.7. The number of fused-ring (bicyclic) bond motifs is 1. The molecule has 3 aromatic rings. The maximum absolute atomic E-state index is 2.62. The molecule has 4 unspecified atom stereocenters. The second kappa shape index (κ2) is 8.44. The maximum atomic E-state index is 2.62. The molecule has 2 aliphatic rings. The molecule has 0 aliphatic carbocycles. The topological polar surface area (TPSA) is 0 Å². The Balaban J connectivity index is 1.45. The fourth-order valence-corrected chi connectivity index (χ4v) is 13.8. The van der Waals surface area contributed by atoms with Crippen LogP contribution in [0.2, 0.25) is 0 Å². The van der Waals surface area contributed by atoms with Crippen molar-refractivity contribution < 1.29 is 0 Å². The van der Waals surface area contributed by atoms with Gasteiger partial charge >= 0.3 is 0 Å². The van der Waals surface area contributed by atoms with E-state index in [2.05, 4.69) is 93.9 Å². The van der Waals surface area contributed by atoms with Crippen LogP contribution in [0.4, 0.5) is 0 Å². The Morgan fingerprint density at radius 2 is 1.44 bits per heavy atom. The average Bonchev–Trinajstić information content (AvgIpc) is 3.30. The minimum absolute atomic E-state index is 0.663. The Morgan fingerprint density at radius 1 is 0.781 bits per heavy atom. The summed E-state index contributed by atoms with van der Waals surface area (Å²) in [5.74, 6) is 3.61. The van der Waals surface area contributed by atoms with Gasteiger partial charge in [-0.2, -0.15) is 0 Å². The SMILES string of the molecule is Cc1ccc(S2(C)CCC(Cc3ccc(S4(C)C(C)CCC4C)c4ccccc34)C2)cc1. The van der Waals surface area contributed by atoms with Gasteiger partial charge in [-0.15, -0.1) is 0 Å². The predicted octanol–water partition coefficient (Wildman–Crippen LogP) is 8.57. The lowest BCUT2D eigenvalue weighted by Gasteiger charge is -2.42. The van der Waals surface area contributed by atoms with E-state index in [-0.39, 0.29) is 0 Å². The molecule has 2 heteroatoms. The van der Waals surface area contributed by atoms with Gasteiger partial charge in [0.2, 0.25) is 0 Å². The van der Waals surface area contributed by atoms with Crippen molar-refractivity contribution in [2.24, 2.45) is 5.92 Å². The molecule has 2 saturated heterocycles. The maximum Gasteiger partial charge on any atom is -0.00177 e. The Kier molecular flexibility index (Phi) is 5.91. The number of aryl methyl sites for hydroxylation is 1. The number of benzene rings is 3. The molecule has 0 aromatic heterocycles. The molecule has 2 aliphatic heterocycles. The van der Waals surface area contributed by atoms with Gasteiger partial charge < -0.3 is 0 Å². The Labute approximate surface area is 198 Å². The van der Waals surface area contributed by atoms with Crippen LogP contribution in [-0.4, -0.2) is 34.5 Å². The summed E-state index contributed by atoms with van der Waals surface area (Å²) < 4.78 is 0. The summed E-state index contributed by atoms with van der Waals surface area (Å²) in [7, 11) is -1.43. The van der Waals surface area contributed by atoms with E-state index in [4.69, 9.17) is 0 Å². The summed E-state index contributed by atoms with van der Waals surface area (Å²) in [6.45, 7) is 7.21. The largest absolute Gasteiger partial charge is 0.217 e. The summed E-state index contributed by atoms with van der Waals surface area (Å²) in [5.41, 5.74) is 2.96.